The van der Waals surface area contributed by atoms with E-state index in [4.69, 9.17) is 0 Å². The van der Waals surface area contributed by atoms with E-state index in [1.807, 2.05) is 25.1 Å². The van der Waals surface area contributed by atoms with Gasteiger partial charge in [-0.15, -0.1) is 0 Å². The normalized spacial score (nSPS) is 9.72. The molecular formula is C23H22O2. The van der Waals surface area contributed by atoms with Crippen LogP contribution in [0.1, 0.15) is 37.4 Å². The number of hydrogen-bond donors (Lipinski definition) is 0. The van der Waals surface area contributed by atoms with Gasteiger partial charge >= 0.3 is 0 Å². The Morgan fingerprint density at radius 2 is 0.960 bits per heavy atom. The Morgan fingerprint density at radius 1 is 0.520 bits per heavy atom. The summed E-state index contributed by atoms with van der Waals surface area (Å²) in [4.78, 5) is 24.0. The highest BCUT2D eigenvalue weighted by atomic mass is 16.2. The van der Waals surface area contributed by atoms with Gasteiger partial charge < -0.3 is 0 Å². The minimum Gasteiger partial charge on any atom is -0.285 e. The Morgan fingerprint density at radius 3 is 1.44 bits per heavy atom. The summed E-state index contributed by atoms with van der Waals surface area (Å²) in [5, 5.41) is 0. The molecule has 2 nitrogen and oxygen atoms in total. The molecule has 0 radical (unpaired) electrons. The van der Waals surface area contributed by atoms with E-state index in [9.17, 15) is 9.59 Å². The summed E-state index contributed by atoms with van der Waals surface area (Å²) in [7, 11) is 0. The molecule has 0 spiro atoms. The molecule has 0 aliphatic carbocycles. The summed E-state index contributed by atoms with van der Waals surface area (Å²) in [5.74, 6) is -0.908. The topological polar surface area (TPSA) is 34.1 Å². The van der Waals surface area contributed by atoms with Crippen LogP contribution in [0.15, 0.2) is 78.9 Å². The average Bonchev–Trinajstić information content (AvgIpc) is 2.65. The second-order valence-electron chi connectivity index (χ2n) is 5.92. The van der Waals surface area contributed by atoms with Crippen LogP contribution in [-0.2, 0) is 0 Å². The van der Waals surface area contributed by atoms with Crippen molar-refractivity contribution in [3.8, 4) is 0 Å². The Balaban J connectivity index is 0.000000236. The first kappa shape index (κ1) is 18.3. The van der Waals surface area contributed by atoms with Gasteiger partial charge in [-0.1, -0.05) is 78.9 Å². The van der Waals surface area contributed by atoms with Crippen LogP contribution in [0.5, 0.6) is 0 Å². The number of ketones is 2. The van der Waals surface area contributed by atoms with Crippen LogP contribution in [0.25, 0.3) is 0 Å². The molecule has 0 fully saturated rings. The maximum Gasteiger partial charge on any atom is 0.233 e. The zero-order valence-corrected chi connectivity index (χ0v) is 14.8. The molecule has 0 aliphatic rings. The van der Waals surface area contributed by atoms with Crippen LogP contribution >= 0.6 is 0 Å². The molecule has 0 saturated heterocycles. The fourth-order valence-electron chi connectivity index (χ4n) is 2.33. The van der Waals surface area contributed by atoms with Gasteiger partial charge in [0.1, 0.15) is 0 Å². The third-order valence-corrected chi connectivity index (χ3v) is 4.06. The van der Waals surface area contributed by atoms with Crippen molar-refractivity contribution in [2.24, 2.45) is 0 Å². The van der Waals surface area contributed by atoms with Crippen molar-refractivity contribution < 1.29 is 9.59 Å². The van der Waals surface area contributed by atoms with Gasteiger partial charge in [-0.05, 0) is 37.5 Å². The third kappa shape index (κ3) is 4.98. The molecule has 3 rings (SSSR count). The first-order valence-electron chi connectivity index (χ1n) is 8.22. The number of Topliss-reactive ketones (excluding diaryl/α,β-unsaturated/α-hetero) is 2. The van der Waals surface area contributed by atoms with Crippen molar-refractivity contribution in [1.82, 2.24) is 0 Å². The summed E-state index contributed by atoms with van der Waals surface area (Å²) in [5.41, 5.74) is 4.46. The lowest BCUT2D eigenvalue weighted by Crippen LogP contribution is -2.15. The fraction of sp³-hybridized carbons (Fsp3) is 0.130. The van der Waals surface area contributed by atoms with E-state index in [-0.39, 0.29) is 0 Å². The van der Waals surface area contributed by atoms with Crippen LogP contribution in [0.3, 0.4) is 0 Å². The molecule has 126 valence electrons. The zero-order valence-electron chi connectivity index (χ0n) is 14.8. The van der Waals surface area contributed by atoms with Gasteiger partial charge in [0.05, 0.1) is 0 Å². The van der Waals surface area contributed by atoms with Crippen molar-refractivity contribution in [2.75, 3.05) is 0 Å². The average molecular weight is 330 g/mol. The molecule has 0 saturated carbocycles. The van der Waals surface area contributed by atoms with Crippen molar-refractivity contribution in [3.05, 3.63) is 107 Å². The molecule has 0 aromatic heterocycles. The maximum atomic E-state index is 12.0. The van der Waals surface area contributed by atoms with Gasteiger partial charge in [0.2, 0.25) is 11.6 Å². The molecule has 0 amide bonds. The molecule has 0 aliphatic heterocycles. The quantitative estimate of drug-likeness (QED) is 0.478. The molecule has 0 atom stereocenters. The molecule has 25 heavy (non-hydrogen) atoms. The number of hydrogen-bond acceptors (Lipinski definition) is 2. The van der Waals surface area contributed by atoms with Gasteiger partial charge in [0.15, 0.2) is 0 Å². The Hall–Kier alpha value is -3.00. The molecule has 0 bridgehead atoms. The van der Waals surface area contributed by atoms with E-state index in [0.29, 0.717) is 11.1 Å². The summed E-state index contributed by atoms with van der Waals surface area (Å²) in [6, 6.07) is 24.1. The lowest BCUT2D eigenvalue weighted by atomic mass is 9.98. The van der Waals surface area contributed by atoms with Gasteiger partial charge in [0, 0.05) is 11.1 Å². The minimum absolute atomic E-state index is 0.431. The van der Waals surface area contributed by atoms with Crippen LogP contribution in [0.2, 0.25) is 0 Å². The SMILES string of the molecule is Cc1ccccc1C.Cc1ccccc1C(=O)C(=O)c1ccccc1. The van der Waals surface area contributed by atoms with E-state index in [0.717, 1.165) is 5.56 Å². The summed E-state index contributed by atoms with van der Waals surface area (Å²) in [6.07, 6.45) is 0. The number of aryl methyl sites for hydroxylation is 3. The van der Waals surface area contributed by atoms with E-state index in [1.165, 1.54) is 11.1 Å². The summed E-state index contributed by atoms with van der Waals surface area (Å²) in [6.45, 7) is 6.07. The number of benzene rings is 3. The lowest BCUT2D eigenvalue weighted by molar-refractivity contribution is 0.0816. The highest BCUT2D eigenvalue weighted by molar-refractivity contribution is 6.49. The molecule has 0 N–H and O–H groups in total. The standard InChI is InChI=1S/C15H12O2.C8H10/c1-11-7-5-6-10-13(11)15(17)14(16)12-8-3-2-4-9-12;1-7-5-3-4-6-8(7)2/h2-10H,1H3;3-6H,1-2H3. The molecular weight excluding hydrogens is 308 g/mol. The molecule has 3 aromatic carbocycles. The second kappa shape index (κ2) is 8.74. The van der Waals surface area contributed by atoms with Gasteiger partial charge in [-0.3, -0.25) is 9.59 Å². The van der Waals surface area contributed by atoms with Crippen molar-refractivity contribution >= 4 is 11.6 Å². The van der Waals surface area contributed by atoms with Gasteiger partial charge in [0.25, 0.3) is 0 Å². The molecule has 0 unspecified atom stereocenters. The summed E-state index contributed by atoms with van der Waals surface area (Å²) >= 11 is 0. The fourth-order valence-corrected chi connectivity index (χ4v) is 2.33. The first-order chi connectivity index (χ1) is 12.0. The van der Waals surface area contributed by atoms with E-state index >= 15 is 0 Å². The lowest BCUT2D eigenvalue weighted by Gasteiger charge is -2.03. The van der Waals surface area contributed by atoms with Crippen LogP contribution in [0.4, 0.5) is 0 Å². The van der Waals surface area contributed by atoms with Crippen molar-refractivity contribution in [2.45, 2.75) is 20.8 Å². The number of carbonyl (C=O) groups is 2. The smallest absolute Gasteiger partial charge is 0.233 e. The highest BCUT2D eigenvalue weighted by Crippen LogP contribution is 2.11. The predicted octanol–water partition coefficient (Wildman–Crippen LogP) is 5.36. The first-order valence-corrected chi connectivity index (χ1v) is 8.22. The van der Waals surface area contributed by atoms with Crippen LogP contribution < -0.4 is 0 Å². The minimum atomic E-state index is -0.458. The van der Waals surface area contributed by atoms with Crippen LogP contribution in [-0.4, -0.2) is 11.6 Å². The second-order valence-corrected chi connectivity index (χ2v) is 5.92. The number of rotatable bonds is 3. The van der Waals surface area contributed by atoms with Crippen LogP contribution in [0, 0.1) is 20.8 Å². The molecule has 2 heteroatoms. The zero-order chi connectivity index (χ0) is 18.2. The van der Waals surface area contributed by atoms with Crippen molar-refractivity contribution in [3.63, 3.8) is 0 Å². The largest absolute Gasteiger partial charge is 0.285 e. The van der Waals surface area contributed by atoms with Gasteiger partial charge in [-0.25, -0.2) is 0 Å². The van der Waals surface area contributed by atoms with E-state index in [2.05, 4.69) is 38.1 Å². The third-order valence-electron chi connectivity index (χ3n) is 4.06. The Labute approximate surface area is 149 Å². The van der Waals surface area contributed by atoms with Gasteiger partial charge in [-0.2, -0.15) is 0 Å². The van der Waals surface area contributed by atoms with E-state index < -0.39 is 11.6 Å². The highest BCUT2D eigenvalue weighted by Gasteiger charge is 2.18. The predicted molar refractivity (Wildman–Crippen MR) is 102 cm³/mol. The molecule has 3 aromatic rings. The van der Waals surface area contributed by atoms with Crippen molar-refractivity contribution in [1.29, 1.82) is 0 Å². The van der Waals surface area contributed by atoms with E-state index in [1.54, 1.807) is 36.4 Å². The maximum absolute atomic E-state index is 12.0. The molecule has 0 heterocycles. The Kier molecular flexibility index (Phi) is 6.41. The monoisotopic (exact) mass is 330 g/mol. The Bertz CT molecular complexity index is 843. The number of carbonyl (C=O) groups excluding carboxylic acids is 2. The summed E-state index contributed by atoms with van der Waals surface area (Å²) < 4.78 is 0.